The summed E-state index contributed by atoms with van der Waals surface area (Å²) in [4.78, 5) is 25.0. The molecule has 0 spiro atoms. The van der Waals surface area contributed by atoms with Gasteiger partial charge in [-0.3, -0.25) is 9.59 Å². The lowest BCUT2D eigenvalue weighted by molar-refractivity contribution is 0.0946. The Bertz CT molecular complexity index is 1210. The van der Waals surface area contributed by atoms with Crippen molar-refractivity contribution >= 4 is 17.5 Å². The third-order valence-electron chi connectivity index (χ3n) is 4.87. The third kappa shape index (κ3) is 6.49. The molecular weight excluding hydrogens is 432 g/mol. The number of carbonyl (C=O) groups excluding carboxylic acids is 2. The lowest BCUT2D eigenvalue weighted by Gasteiger charge is -2.10. The highest BCUT2D eigenvalue weighted by molar-refractivity contribution is 6.05. The summed E-state index contributed by atoms with van der Waals surface area (Å²) in [5.74, 6) is 1.55. The lowest BCUT2D eigenvalue weighted by Crippen LogP contribution is -2.22. The average molecular weight is 456 g/mol. The molecule has 4 rings (SSSR count). The Labute approximate surface area is 197 Å². The standard InChI is InChI=1S/C27H24N2O5/c30-26(28-19-25-10-5-15-32-25)21-6-4-7-22(18-21)29-27(31)20-11-13-24(14-12-20)34-17-16-33-23-8-2-1-3-9-23/h1-15,18H,16-17,19H2,(H,28,30)(H,29,31). The minimum Gasteiger partial charge on any atom is -0.490 e. The highest BCUT2D eigenvalue weighted by Gasteiger charge is 2.10. The molecule has 3 aromatic carbocycles. The van der Waals surface area contributed by atoms with Crippen LogP contribution in [0.1, 0.15) is 26.5 Å². The second kappa shape index (κ2) is 11.4. The van der Waals surface area contributed by atoms with Crippen molar-refractivity contribution in [3.63, 3.8) is 0 Å². The Balaban J connectivity index is 1.26. The van der Waals surface area contributed by atoms with E-state index in [2.05, 4.69) is 10.6 Å². The number of hydrogen-bond donors (Lipinski definition) is 2. The van der Waals surface area contributed by atoms with Crippen molar-refractivity contribution in [2.24, 2.45) is 0 Å². The van der Waals surface area contributed by atoms with Gasteiger partial charge in [0.25, 0.3) is 11.8 Å². The Hall–Kier alpha value is -4.52. The van der Waals surface area contributed by atoms with Crippen LogP contribution in [0.25, 0.3) is 0 Å². The molecule has 0 fully saturated rings. The number of rotatable bonds is 10. The van der Waals surface area contributed by atoms with Crippen molar-refractivity contribution in [2.45, 2.75) is 6.54 Å². The molecule has 1 heterocycles. The van der Waals surface area contributed by atoms with Gasteiger partial charge in [-0.2, -0.15) is 0 Å². The summed E-state index contributed by atoms with van der Waals surface area (Å²) in [7, 11) is 0. The van der Waals surface area contributed by atoms with E-state index in [4.69, 9.17) is 13.9 Å². The van der Waals surface area contributed by atoms with Gasteiger partial charge in [-0.25, -0.2) is 0 Å². The summed E-state index contributed by atoms with van der Waals surface area (Å²) in [5, 5.41) is 5.60. The zero-order valence-corrected chi connectivity index (χ0v) is 18.4. The van der Waals surface area contributed by atoms with E-state index in [9.17, 15) is 9.59 Å². The molecule has 0 radical (unpaired) electrons. The van der Waals surface area contributed by atoms with E-state index in [1.165, 1.54) is 0 Å². The van der Waals surface area contributed by atoms with Gasteiger partial charge in [-0.1, -0.05) is 24.3 Å². The average Bonchev–Trinajstić information content (AvgIpc) is 3.40. The molecule has 7 heteroatoms. The van der Waals surface area contributed by atoms with E-state index in [0.717, 1.165) is 5.75 Å². The Morgan fingerprint density at radius 3 is 2.15 bits per heavy atom. The molecule has 0 aliphatic heterocycles. The number of para-hydroxylation sites is 1. The number of nitrogens with one attached hydrogen (secondary N) is 2. The lowest BCUT2D eigenvalue weighted by atomic mass is 10.1. The predicted octanol–water partition coefficient (Wildman–Crippen LogP) is 4.92. The van der Waals surface area contributed by atoms with E-state index in [1.54, 1.807) is 66.9 Å². The van der Waals surface area contributed by atoms with Crippen LogP contribution in [0.5, 0.6) is 11.5 Å². The zero-order chi connectivity index (χ0) is 23.6. The molecule has 172 valence electrons. The van der Waals surface area contributed by atoms with Gasteiger partial charge in [0.2, 0.25) is 0 Å². The van der Waals surface area contributed by atoms with E-state index in [1.807, 2.05) is 30.3 Å². The molecule has 0 unspecified atom stereocenters. The Kier molecular flexibility index (Phi) is 7.58. The molecule has 4 aromatic rings. The SMILES string of the molecule is O=C(NCc1ccco1)c1cccc(NC(=O)c2ccc(OCCOc3ccccc3)cc2)c1. The summed E-state index contributed by atoms with van der Waals surface area (Å²) >= 11 is 0. The second-order valence-corrected chi connectivity index (χ2v) is 7.33. The molecule has 34 heavy (non-hydrogen) atoms. The molecular formula is C27H24N2O5. The molecule has 1 aromatic heterocycles. The van der Waals surface area contributed by atoms with Crippen LogP contribution in [-0.2, 0) is 6.54 Å². The Morgan fingerprint density at radius 2 is 1.44 bits per heavy atom. The van der Waals surface area contributed by atoms with Gasteiger partial charge in [-0.15, -0.1) is 0 Å². The van der Waals surface area contributed by atoms with E-state index in [-0.39, 0.29) is 18.4 Å². The smallest absolute Gasteiger partial charge is 0.255 e. The number of ether oxygens (including phenoxy) is 2. The maximum atomic E-state index is 12.6. The maximum absolute atomic E-state index is 12.6. The van der Waals surface area contributed by atoms with Gasteiger partial charge in [0.15, 0.2) is 0 Å². The minimum atomic E-state index is -0.285. The van der Waals surface area contributed by atoms with Crippen LogP contribution in [-0.4, -0.2) is 25.0 Å². The fourth-order valence-corrected chi connectivity index (χ4v) is 3.16. The highest BCUT2D eigenvalue weighted by atomic mass is 16.5. The predicted molar refractivity (Wildman–Crippen MR) is 128 cm³/mol. The second-order valence-electron chi connectivity index (χ2n) is 7.33. The first-order chi connectivity index (χ1) is 16.7. The molecule has 0 saturated carbocycles. The number of carbonyl (C=O) groups is 2. The summed E-state index contributed by atoms with van der Waals surface area (Å²) in [5.41, 5.74) is 1.43. The normalized spacial score (nSPS) is 10.4. The van der Waals surface area contributed by atoms with Crippen LogP contribution < -0.4 is 20.1 Å². The first-order valence-electron chi connectivity index (χ1n) is 10.8. The minimum absolute atomic E-state index is 0.259. The van der Waals surface area contributed by atoms with E-state index < -0.39 is 0 Å². The van der Waals surface area contributed by atoms with Gasteiger partial charge >= 0.3 is 0 Å². The van der Waals surface area contributed by atoms with Gasteiger partial charge < -0.3 is 24.5 Å². The van der Waals surface area contributed by atoms with Crippen LogP contribution in [0.15, 0.2) is 102 Å². The van der Waals surface area contributed by atoms with Crippen LogP contribution >= 0.6 is 0 Å². The van der Waals surface area contributed by atoms with Gasteiger partial charge in [0.1, 0.15) is 30.5 Å². The first kappa shape index (κ1) is 22.7. The number of amides is 2. The van der Waals surface area contributed by atoms with Crippen LogP contribution in [0.4, 0.5) is 5.69 Å². The van der Waals surface area contributed by atoms with Crippen LogP contribution in [0, 0.1) is 0 Å². The number of hydrogen-bond acceptors (Lipinski definition) is 5. The summed E-state index contributed by atoms with van der Waals surface area (Å²) < 4.78 is 16.5. The fraction of sp³-hybridized carbons (Fsp3) is 0.111. The Morgan fingerprint density at radius 1 is 0.706 bits per heavy atom. The fourth-order valence-electron chi connectivity index (χ4n) is 3.16. The molecule has 0 saturated heterocycles. The molecule has 2 N–H and O–H groups in total. The topological polar surface area (TPSA) is 89.8 Å². The molecule has 0 atom stereocenters. The first-order valence-corrected chi connectivity index (χ1v) is 10.8. The molecule has 0 bridgehead atoms. The van der Waals surface area contributed by atoms with E-state index >= 15 is 0 Å². The number of anilines is 1. The summed E-state index contributed by atoms with van der Waals surface area (Å²) in [6, 6.07) is 26.6. The maximum Gasteiger partial charge on any atom is 0.255 e. The summed E-state index contributed by atoms with van der Waals surface area (Å²) in [6.07, 6.45) is 1.55. The van der Waals surface area contributed by atoms with Crippen molar-refractivity contribution in [3.05, 3.63) is 114 Å². The van der Waals surface area contributed by atoms with Crippen molar-refractivity contribution in [2.75, 3.05) is 18.5 Å². The molecule has 7 nitrogen and oxygen atoms in total. The number of benzene rings is 3. The van der Waals surface area contributed by atoms with Crippen LogP contribution in [0.2, 0.25) is 0 Å². The van der Waals surface area contributed by atoms with Crippen LogP contribution in [0.3, 0.4) is 0 Å². The highest BCUT2D eigenvalue weighted by Crippen LogP contribution is 2.16. The third-order valence-corrected chi connectivity index (χ3v) is 4.87. The van der Waals surface area contributed by atoms with Gasteiger partial charge in [-0.05, 0) is 66.7 Å². The van der Waals surface area contributed by atoms with Crippen molar-refractivity contribution in [1.82, 2.24) is 5.32 Å². The van der Waals surface area contributed by atoms with Crippen molar-refractivity contribution in [1.29, 1.82) is 0 Å². The monoisotopic (exact) mass is 456 g/mol. The van der Waals surface area contributed by atoms with E-state index in [0.29, 0.717) is 41.5 Å². The molecule has 0 aliphatic carbocycles. The summed E-state index contributed by atoms with van der Waals surface area (Å²) in [6.45, 7) is 1.09. The van der Waals surface area contributed by atoms with Gasteiger partial charge in [0, 0.05) is 16.8 Å². The largest absolute Gasteiger partial charge is 0.490 e. The number of furan rings is 1. The molecule has 2 amide bonds. The molecule has 0 aliphatic rings. The van der Waals surface area contributed by atoms with Crippen molar-refractivity contribution < 1.29 is 23.5 Å². The van der Waals surface area contributed by atoms with Gasteiger partial charge in [0.05, 0.1) is 12.8 Å². The van der Waals surface area contributed by atoms with Crippen molar-refractivity contribution in [3.8, 4) is 11.5 Å². The quantitative estimate of drug-likeness (QED) is 0.331. The zero-order valence-electron chi connectivity index (χ0n) is 18.4.